The van der Waals surface area contributed by atoms with E-state index in [0.29, 0.717) is 11.2 Å². The number of benzene rings is 1. The van der Waals surface area contributed by atoms with Gasteiger partial charge in [0.05, 0.1) is 17.6 Å². The number of hydrogen-bond donors (Lipinski definition) is 3. The van der Waals surface area contributed by atoms with Crippen LogP contribution in [0.3, 0.4) is 0 Å². The van der Waals surface area contributed by atoms with E-state index in [1.807, 2.05) is 35.8 Å². The third-order valence-corrected chi connectivity index (χ3v) is 5.84. The van der Waals surface area contributed by atoms with Crippen molar-refractivity contribution in [1.82, 2.24) is 19.5 Å². The van der Waals surface area contributed by atoms with Crippen molar-refractivity contribution in [3.8, 4) is 17.2 Å². The number of pyridine rings is 2. The molecular formula is C24H21N7O2. The van der Waals surface area contributed by atoms with Gasteiger partial charge in [-0.2, -0.15) is 10.2 Å². The molecule has 1 atom stereocenters. The van der Waals surface area contributed by atoms with E-state index in [4.69, 9.17) is 5.73 Å². The second-order valence-electron chi connectivity index (χ2n) is 8.16. The minimum Gasteiger partial charge on any atom is -0.368 e. The van der Waals surface area contributed by atoms with Gasteiger partial charge >= 0.3 is 0 Å². The van der Waals surface area contributed by atoms with Crippen LogP contribution in [0.1, 0.15) is 43.1 Å². The van der Waals surface area contributed by atoms with Crippen molar-refractivity contribution >= 4 is 22.5 Å². The van der Waals surface area contributed by atoms with E-state index in [0.717, 1.165) is 35.0 Å². The summed E-state index contributed by atoms with van der Waals surface area (Å²) >= 11 is 0. The molecule has 9 heteroatoms. The topological polar surface area (TPSA) is 142 Å². The van der Waals surface area contributed by atoms with Crippen molar-refractivity contribution in [2.24, 2.45) is 0 Å². The minimum absolute atomic E-state index is 0.0624. The van der Waals surface area contributed by atoms with Gasteiger partial charge < -0.3 is 20.6 Å². The highest BCUT2D eigenvalue weighted by Gasteiger charge is 2.30. The zero-order chi connectivity index (χ0) is 23.1. The maximum Gasteiger partial charge on any atom is 0.259 e. The van der Waals surface area contributed by atoms with Crippen LogP contribution in [-0.4, -0.2) is 19.5 Å². The molecule has 0 radical (unpaired) electrons. The molecule has 0 aliphatic heterocycles. The van der Waals surface area contributed by atoms with Gasteiger partial charge in [0.2, 0.25) is 11.5 Å². The number of nitriles is 1. The Labute approximate surface area is 188 Å². The van der Waals surface area contributed by atoms with Gasteiger partial charge in [0.25, 0.3) is 5.56 Å². The van der Waals surface area contributed by atoms with E-state index in [1.165, 1.54) is 12.3 Å². The van der Waals surface area contributed by atoms with Gasteiger partial charge in [-0.05, 0) is 48.4 Å². The summed E-state index contributed by atoms with van der Waals surface area (Å²) in [7, 11) is 0. The van der Waals surface area contributed by atoms with E-state index in [2.05, 4.69) is 26.3 Å². The summed E-state index contributed by atoms with van der Waals surface area (Å²) in [6.07, 6.45) is 4.85. The number of anilines is 2. The molecular weight excluding hydrogens is 418 g/mol. The molecule has 3 aromatic heterocycles. The molecule has 0 amide bonds. The lowest BCUT2D eigenvalue weighted by molar-refractivity contribution is 0.636. The maximum absolute atomic E-state index is 13.8. The first-order valence-electron chi connectivity index (χ1n) is 10.6. The summed E-state index contributed by atoms with van der Waals surface area (Å²) in [5.41, 5.74) is 8.06. The molecule has 164 valence electrons. The zero-order valence-corrected chi connectivity index (χ0v) is 17.9. The molecule has 0 saturated heterocycles. The Kier molecular flexibility index (Phi) is 4.90. The summed E-state index contributed by atoms with van der Waals surface area (Å²) in [6, 6.07) is 12.7. The van der Waals surface area contributed by atoms with Crippen molar-refractivity contribution in [1.29, 1.82) is 5.26 Å². The van der Waals surface area contributed by atoms with Crippen LogP contribution in [0.5, 0.6) is 0 Å². The fourth-order valence-corrected chi connectivity index (χ4v) is 4.12. The number of fused-ring (bicyclic) bond motifs is 1. The second kappa shape index (κ2) is 7.91. The van der Waals surface area contributed by atoms with Crippen LogP contribution >= 0.6 is 0 Å². The van der Waals surface area contributed by atoms with Crippen LogP contribution in [0, 0.1) is 11.3 Å². The second-order valence-corrected chi connectivity index (χ2v) is 8.16. The number of nitrogen functional groups attached to an aromatic ring is 1. The van der Waals surface area contributed by atoms with E-state index in [1.54, 1.807) is 12.3 Å². The maximum atomic E-state index is 13.8. The Hall–Kier alpha value is -4.45. The minimum atomic E-state index is -0.319. The summed E-state index contributed by atoms with van der Waals surface area (Å²) in [5.74, 6) is 0.390. The van der Waals surface area contributed by atoms with Crippen molar-refractivity contribution in [2.45, 2.75) is 31.8 Å². The van der Waals surface area contributed by atoms with Crippen LogP contribution in [0.25, 0.3) is 21.9 Å². The molecule has 1 saturated carbocycles. The van der Waals surface area contributed by atoms with Crippen LogP contribution in [-0.2, 0) is 0 Å². The Morgan fingerprint density at radius 1 is 1.27 bits per heavy atom. The molecule has 4 aromatic rings. The smallest absolute Gasteiger partial charge is 0.259 e. The predicted molar refractivity (Wildman–Crippen MR) is 126 cm³/mol. The van der Waals surface area contributed by atoms with Gasteiger partial charge in [-0.3, -0.25) is 9.59 Å². The van der Waals surface area contributed by atoms with Crippen molar-refractivity contribution < 1.29 is 0 Å². The molecule has 5 rings (SSSR count). The largest absolute Gasteiger partial charge is 0.368 e. The molecule has 33 heavy (non-hydrogen) atoms. The van der Waals surface area contributed by atoms with E-state index >= 15 is 0 Å². The Bertz CT molecular complexity index is 1520. The Morgan fingerprint density at radius 2 is 2.09 bits per heavy atom. The first-order valence-corrected chi connectivity index (χ1v) is 10.6. The first kappa shape index (κ1) is 20.5. The molecule has 1 aliphatic rings. The fraction of sp³-hybridized carbons (Fsp3) is 0.208. The average Bonchev–Trinajstić information content (AvgIpc) is 3.64. The first-order chi connectivity index (χ1) is 16.0. The van der Waals surface area contributed by atoms with E-state index < -0.39 is 0 Å². The van der Waals surface area contributed by atoms with E-state index in [-0.39, 0.29) is 34.7 Å². The summed E-state index contributed by atoms with van der Waals surface area (Å²) in [4.78, 5) is 36.0. The molecule has 4 N–H and O–H groups in total. The molecule has 1 aromatic carbocycles. The molecule has 0 unspecified atom stereocenters. The summed E-state index contributed by atoms with van der Waals surface area (Å²) < 4.78 is 1.84. The highest BCUT2D eigenvalue weighted by Crippen LogP contribution is 2.38. The fourth-order valence-electron chi connectivity index (χ4n) is 4.12. The highest BCUT2D eigenvalue weighted by molar-refractivity contribution is 5.96. The van der Waals surface area contributed by atoms with Crippen molar-refractivity contribution in [2.75, 3.05) is 11.1 Å². The number of aromatic nitrogens is 4. The number of nitrogens with one attached hydrogen (secondary N) is 2. The number of nitrogens with two attached hydrogens (primary N) is 1. The van der Waals surface area contributed by atoms with Gasteiger partial charge in [0.1, 0.15) is 17.5 Å². The number of nitrogens with zero attached hydrogens (tertiary/aromatic N) is 4. The van der Waals surface area contributed by atoms with Gasteiger partial charge in [-0.1, -0.05) is 18.2 Å². The van der Waals surface area contributed by atoms with Gasteiger partial charge in [-0.25, -0.2) is 4.98 Å². The highest BCUT2D eigenvalue weighted by atomic mass is 16.1. The lowest BCUT2D eigenvalue weighted by atomic mass is 9.99. The van der Waals surface area contributed by atoms with Crippen molar-refractivity contribution in [3.63, 3.8) is 0 Å². The predicted octanol–water partition coefficient (Wildman–Crippen LogP) is 3.11. The number of H-pyrrole nitrogens is 1. The normalized spacial score (nSPS) is 14.1. The zero-order valence-electron chi connectivity index (χ0n) is 17.9. The van der Waals surface area contributed by atoms with Crippen molar-refractivity contribution in [3.05, 3.63) is 80.8 Å². The molecule has 3 heterocycles. The summed E-state index contributed by atoms with van der Waals surface area (Å²) in [6.45, 7) is 1.92. The third kappa shape index (κ3) is 3.72. The quantitative estimate of drug-likeness (QED) is 0.433. The SMILES string of the molecule is C[C@H](Nc1nc(N)ncc1C#N)c1cc2cccc(-c3ccc(=O)[nH]c3)c2c(=O)n1C1CC1. The number of rotatable bonds is 5. The molecule has 0 bridgehead atoms. The number of aromatic amines is 1. The average molecular weight is 439 g/mol. The Balaban J connectivity index is 1.67. The van der Waals surface area contributed by atoms with Crippen LogP contribution in [0.4, 0.5) is 11.8 Å². The van der Waals surface area contributed by atoms with Crippen LogP contribution in [0.2, 0.25) is 0 Å². The van der Waals surface area contributed by atoms with E-state index in [9.17, 15) is 14.9 Å². The van der Waals surface area contributed by atoms with Gasteiger partial charge in [-0.15, -0.1) is 0 Å². The number of hydrogen-bond acceptors (Lipinski definition) is 7. The lowest BCUT2D eigenvalue weighted by Gasteiger charge is -2.22. The molecule has 1 fully saturated rings. The third-order valence-electron chi connectivity index (χ3n) is 5.84. The molecule has 9 nitrogen and oxygen atoms in total. The Morgan fingerprint density at radius 3 is 2.79 bits per heavy atom. The molecule has 1 aliphatic carbocycles. The van der Waals surface area contributed by atoms with Crippen LogP contribution < -0.4 is 22.2 Å². The lowest BCUT2D eigenvalue weighted by Crippen LogP contribution is -2.27. The summed E-state index contributed by atoms with van der Waals surface area (Å²) in [5, 5.41) is 14.0. The van der Waals surface area contributed by atoms with Crippen LogP contribution in [0.15, 0.2) is 58.4 Å². The van der Waals surface area contributed by atoms with Gasteiger partial charge in [0.15, 0.2) is 0 Å². The monoisotopic (exact) mass is 439 g/mol. The molecule has 0 spiro atoms. The standard InChI is InChI=1S/C24H21N7O2/c1-13(29-22-16(10-25)12-28-24(26)30-22)19-9-14-3-2-4-18(15-5-8-20(32)27-11-15)21(14)23(33)31(19)17-6-7-17/h2-5,8-9,11-13,17H,6-7H2,1H3,(H,27,32)(H3,26,28,29,30)/t13-/m0/s1. The van der Waals surface area contributed by atoms with Gasteiger partial charge in [0, 0.05) is 24.0 Å².